The monoisotopic (exact) mass is 184 g/mol. The van der Waals surface area contributed by atoms with Crippen LogP contribution in [0, 0.1) is 0 Å². The average Bonchev–Trinajstić information content (AvgIpc) is 2.96. The Balaban J connectivity index is 2.59. The molecule has 2 nitrogen and oxygen atoms in total. The van der Waals surface area contributed by atoms with Gasteiger partial charge in [0, 0.05) is 18.1 Å². The van der Waals surface area contributed by atoms with Crippen LogP contribution in [0.3, 0.4) is 0 Å². The van der Waals surface area contributed by atoms with Crippen LogP contribution in [-0.2, 0) is 0 Å². The van der Waals surface area contributed by atoms with Gasteiger partial charge in [-0.3, -0.25) is 4.90 Å². The summed E-state index contributed by atoms with van der Waals surface area (Å²) >= 11 is 0. The molecule has 0 aromatic heterocycles. The lowest BCUT2D eigenvalue weighted by Crippen LogP contribution is -2.52. The molecule has 2 heteroatoms. The van der Waals surface area contributed by atoms with E-state index in [1.165, 1.54) is 32.2 Å². The van der Waals surface area contributed by atoms with E-state index in [9.17, 15) is 0 Å². The number of hydrogen-bond donors (Lipinski definition) is 1. The van der Waals surface area contributed by atoms with E-state index in [0.717, 1.165) is 12.6 Å². The minimum atomic E-state index is 0.247. The maximum Gasteiger partial charge on any atom is 0.0303 e. The van der Waals surface area contributed by atoms with Gasteiger partial charge in [-0.2, -0.15) is 0 Å². The second-order valence-electron chi connectivity index (χ2n) is 4.48. The molecule has 0 amide bonds. The van der Waals surface area contributed by atoms with Crippen LogP contribution in [0.2, 0.25) is 0 Å². The van der Waals surface area contributed by atoms with Gasteiger partial charge >= 0.3 is 0 Å². The number of nitrogens with two attached hydrogens (primary N) is 1. The molecule has 78 valence electrons. The van der Waals surface area contributed by atoms with Gasteiger partial charge in [-0.1, -0.05) is 13.8 Å². The largest absolute Gasteiger partial charge is 0.329 e. The summed E-state index contributed by atoms with van der Waals surface area (Å²) in [7, 11) is 0. The first-order chi connectivity index (χ1) is 6.18. The van der Waals surface area contributed by atoms with E-state index in [2.05, 4.69) is 25.7 Å². The predicted molar refractivity (Wildman–Crippen MR) is 57.8 cm³/mol. The van der Waals surface area contributed by atoms with E-state index in [1.807, 2.05) is 0 Å². The van der Waals surface area contributed by atoms with Crippen LogP contribution in [-0.4, -0.2) is 29.6 Å². The first kappa shape index (κ1) is 11.0. The third-order valence-electron chi connectivity index (χ3n) is 3.35. The van der Waals surface area contributed by atoms with Gasteiger partial charge in [0.25, 0.3) is 0 Å². The third-order valence-corrected chi connectivity index (χ3v) is 3.35. The Kier molecular flexibility index (Phi) is 3.74. The van der Waals surface area contributed by atoms with E-state index < -0.39 is 0 Å². The van der Waals surface area contributed by atoms with Crippen molar-refractivity contribution in [2.75, 3.05) is 13.1 Å². The van der Waals surface area contributed by atoms with E-state index >= 15 is 0 Å². The fraction of sp³-hybridized carbons (Fsp3) is 1.00. The van der Waals surface area contributed by atoms with Crippen LogP contribution < -0.4 is 5.73 Å². The molecule has 13 heavy (non-hydrogen) atoms. The molecule has 1 unspecified atom stereocenters. The van der Waals surface area contributed by atoms with Gasteiger partial charge in [0.15, 0.2) is 0 Å². The molecule has 0 radical (unpaired) electrons. The van der Waals surface area contributed by atoms with Crippen molar-refractivity contribution in [1.29, 1.82) is 0 Å². The van der Waals surface area contributed by atoms with Gasteiger partial charge < -0.3 is 5.73 Å². The third kappa shape index (κ3) is 2.44. The number of nitrogens with zero attached hydrogens (tertiary/aromatic N) is 1. The highest BCUT2D eigenvalue weighted by Gasteiger charge is 2.38. The normalized spacial score (nSPS) is 21.9. The molecule has 1 atom stereocenters. The van der Waals surface area contributed by atoms with Gasteiger partial charge in [0.05, 0.1) is 0 Å². The van der Waals surface area contributed by atoms with Crippen LogP contribution in [0.25, 0.3) is 0 Å². The molecule has 0 bridgehead atoms. The lowest BCUT2D eigenvalue weighted by Gasteiger charge is -2.40. The molecule has 0 saturated heterocycles. The standard InChI is InChI=1S/C11H24N2/c1-4-8-13(10-6-7-10)11(3,5-2)9-12/h10H,4-9,12H2,1-3H3. The molecule has 0 heterocycles. The fourth-order valence-electron chi connectivity index (χ4n) is 1.99. The number of hydrogen-bond acceptors (Lipinski definition) is 2. The van der Waals surface area contributed by atoms with Crippen LogP contribution in [0.1, 0.15) is 46.5 Å². The van der Waals surface area contributed by atoms with E-state index in [1.54, 1.807) is 0 Å². The van der Waals surface area contributed by atoms with Crippen molar-refractivity contribution >= 4 is 0 Å². The van der Waals surface area contributed by atoms with Crippen LogP contribution in [0.5, 0.6) is 0 Å². The van der Waals surface area contributed by atoms with Crippen molar-refractivity contribution in [3.8, 4) is 0 Å². The molecule has 0 spiro atoms. The lowest BCUT2D eigenvalue weighted by molar-refractivity contribution is 0.0966. The quantitative estimate of drug-likeness (QED) is 0.684. The highest BCUT2D eigenvalue weighted by Crippen LogP contribution is 2.34. The first-order valence-electron chi connectivity index (χ1n) is 5.64. The van der Waals surface area contributed by atoms with Gasteiger partial charge in [-0.05, 0) is 39.2 Å². The van der Waals surface area contributed by atoms with E-state index in [0.29, 0.717) is 0 Å². The van der Waals surface area contributed by atoms with Crippen molar-refractivity contribution in [2.45, 2.75) is 58.0 Å². The van der Waals surface area contributed by atoms with E-state index in [4.69, 9.17) is 5.73 Å². The van der Waals surface area contributed by atoms with Crippen molar-refractivity contribution in [1.82, 2.24) is 4.90 Å². The van der Waals surface area contributed by atoms with E-state index in [-0.39, 0.29) is 5.54 Å². The van der Waals surface area contributed by atoms with Crippen LogP contribution in [0.4, 0.5) is 0 Å². The SMILES string of the molecule is CCCN(C1CC1)C(C)(CC)CN. The smallest absolute Gasteiger partial charge is 0.0303 e. The van der Waals surface area contributed by atoms with Crippen molar-refractivity contribution < 1.29 is 0 Å². The zero-order chi connectivity index (χ0) is 9.90. The molecule has 0 aromatic rings. The maximum absolute atomic E-state index is 5.87. The predicted octanol–water partition coefficient (Wildman–Crippen LogP) is 1.99. The summed E-state index contributed by atoms with van der Waals surface area (Å²) in [5, 5.41) is 0. The van der Waals surface area contributed by atoms with Crippen molar-refractivity contribution in [3.63, 3.8) is 0 Å². The minimum absolute atomic E-state index is 0.247. The fourth-order valence-corrected chi connectivity index (χ4v) is 1.99. The highest BCUT2D eigenvalue weighted by molar-refractivity contribution is 4.95. The molecule has 1 fully saturated rings. The van der Waals surface area contributed by atoms with Gasteiger partial charge in [0.1, 0.15) is 0 Å². The molecule has 0 aromatic carbocycles. The zero-order valence-corrected chi connectivity index (χ0v) is 9.34. The molecule has 1 aliphatic carbocycles. The Morgan fingerprint density at radius 3 is 2.31 bits per heavy atom. The van der Waals surface area contributed by atoms with Crippen LogP contribution in [0.15, 0.2) is 0 Å². The van der Waals surface area contributed by atoms with Gasteiger partial charge in [0.2, 0.25) is 0 Å². The molecule has 1 rings (SSSR count). The molecule has 1 saturated carbocycles. The Bertz CT molecular complexity index is 148. The minimum Gasteiger partial charge on any atom is -0.329 e. The Hall–Kier alpha value is -0.0800. The summed E-state index contributed by atoms with van der Waals surface area (Å²) in [4.78, 5) is 2.63. The lowest BCUT2D eigenvalue weighted by atomic mass is 9.96. The second kappa shape index (κ2) is 4.43. The molecular weight excluding hydrogens is 160 g/mol. The first-order valence-corrected chi connectivity index (χ1v) is 5.64. The average molecular weight is 184 g/mol. The maximum atomic E-state index is 5.87. The van der Waals surface area contributed by atoms with Gasteiger partial charge in [-0.15, -0.1) is 0 Å². The molecule has 0 aliphatic heterocycles. The molecule has 2 N–H and O–H groups in total. The molecular formula is C11H24N2. The number of rotatable bonds is 6. The van der Waals surface area contributed by atoms with Crippen molar-refractivity contribution in [2.24, 2.45) is 5.73 Å². The Morgan fingerprint density at radius 2 is 2.00 bits per heavy atom. The summed E-state index contributed by atoms with van der Waals surface area (Å²) in [5.41, 5.74) is 6.12. The summed E-state index contributed by atoms with van der Waals surface area (Å²) < 4.78 is 0. The van der Waals surface area contributed by atoms with Crippen molar-refractivity contribution in [3.05, 3.63) is 0 Å². The summed E-state index contributed by atoms with van der Waals surface area (Å²) in [6, 6.07) is 0.841. The summed E-state index contributed by atoms with van der Waals surface area (Å²) in [6.45, 7) is 8.81. The Labute approximate surface area is 82.5 Å². The zero-order valence-electron chi connectivity index (χ0n) is 9.34. The summed E-state index contributed by atoms with van der Waals surface area (Å²) in [5.74, 6) is 0. The molecule has 1 aliphatic rings. The summed E-state index contributed by atoms with van der Waals surface area (Å²) in [6.07, 6.45) is 5.18. The topological polar surface area (TPSA) is 29.3 Å². The Morgan fingerprint density at radius 1 is 1.38 bits per heavy atom. The second-order valence-corrected chi connectivity index (χ2v) is 4.48. The van der Waals surface area contributed by atoms with Gasteiger partial charge in [-0.25, -0.2) is 0 Å². The van der Waals surface area contributed by atoms with Crippen LogP contribution >= 0.6 is 0 Å². The highest BCUT2D eigenvalue weighted by atomic mass is 15.2.